The van der Waals surface area contributed by atoms with E-state index in [0.29, 0.717) is 0 Å². The number of halogens is 12. The summed E-state index contributed by atoms with van der Waals surface area (Å²) in [4.78, 5) is 0. The summed E-state index contributed by atoms with van der Waals surface area (Å²) in [5.74, 6) is 0. The van der Waals surface area contributed by atoms with Gasteiger partial charge < -0.3 is 58.3 Å². The summed E-state index contributed by atoms with van der Waals surface area (Å²) >= 11 is 0. The Hall–Kier alpha value is 0.171. The Morgan fingerprint density at radius 3 is 0.840 bits per heavy atom. The molecule has 0 bridgehead atoms. The van der Waals surface area contributed by atoms with E-state index in [-0.39, 0.29) is 52.8 Å². The predicted molar refractivity (Wildman–Crippen MR) is 71.0 cm³/mol. The molecule has 0 aromatic heterocycles. The maximum Gasteiger partial charge on any atom is 1.00 e. The maximum absolute atomic E-state index is 9.75. The minimum atomic E-state index is -6.00. The first kappa shape index (κ1) is 36.1. The van der Waals surface area contributed by atoms with Crippen molar-refractivity contribution in [3.05, 3.63) is 35.9 Å². The number of aryl methyl sites for hydroxylation is 1. The molecule has 148 valence electrons. The van der Waals surface area contributed by atoms with Crippen LogP contribution in [0.25, 0.3) is 0 Å². The molecule has 0 fully saturated rings. The van der Waals surface area contributed by atoms with Crippen LogP contribution in [0.4, 0.5) is 51.8 Å². The zero-order valence-corrected chi connectivity index (χ0v) is 16.2. The summed E-state index contributed by atoms with van der Waals surface area (Å²) in [5.41, 5.74) is 1.32. The number of hydrogen-bond acceptors (Lipinski definition) is 1. The van der Waals surface area contributed by atoms with Crippen molar-refractivity contribution in [2.75, 3.05) is 7.11 Å². The number of aliphatic hydroxyl groups excluding tert-OH is 1. The van der Waals surface area contributed by atoms with Crippen LogP contribution in [0.15, 0.2) is 30.3 Å². The molecule has 1 aromatic carbocycles. The molecule has 1 nitrogen and oxygen atoms in total. The Morgan fingerprint density at radius 2 is 0.760 bits per heavy atom. The summed E-state index contributed by atoms with van der Waals surface area (Å²) in [6.07, 6.45) is 0. The molecule has 17 heteroatoms. The number of benzene rings is 1. The van der Waals surface area contributed by atoms with E-state index >= 15 is 0 Å². The molecule has 0 unspecified atom stereocenters. The van der Waals surface area contributed by atoms with Gasteiger partial charge in [0.25, 0.3) is 0 Å². The molecule has 0 saturated heterocycles. The summed E-state index contributed by atoms with van der Waals surface area (Å²) in [7, 11) is -17.0. The molecule has 0 aliphatic rings. The fraction of sp³-hybridized carbons (Fsp3) is 0.250. The van der Waals surface area contributed by atoms with Gasteiger partial charge in [-0.25, -0.2) is 0 Å². The second-order valence-corrected chi connectivity index (χ2v) is 3.14. The first-order valence-corrected chi connectivity index (χ1v) is 5.48. The molecule has 0 spiro atoms. The van der Waals surface area contributed by atoms with Crippen LogP contribution in [-0.4, -0.2) is 34.0 Å². The first-order valence-electron chi connectivity index (χ1n) is 5.48. The Morgan fingerprint density at radius 1 is 0.600 bits per heavy atom. The van der Waals surface area contributed by atoms with Crippen LogP contribution >= 0.6 is 0 Å². The third-order valence-electron chi connectivity index (χ3n) is 0.940. The average Bonchev–Trinajstić information content (AvgIpc) is 2.25. The average molecular weight is 425 g/mol. The topological polar surface area (TPSA) is 20.2 Å². The van der Waals surface area contributed by atoms with Crippen molar-refractivity contribution in [3.8, 4) is 0 Å². The van der Waals surface area contributed by atoms with E-state index in [0.717, 1.165) is 7.11 Å². The van der Waals surface area contributed by atoms with Gasteiger partial charge in [0, 0.05) is 7.11 Å². The molecule has 0 aliphatic heterocycles. The van der Waals surface area contributed by atoms with Crippen molar-refractivity contribution in [1.82, 2.24) is 0 Å². The van der Waals surface area contributed by atoms with Gasteiger partial charge in [0.15, 0.2) is 0 Å². The van der Waals surface area contributed by atoms with E-state index in [2.05, 4.69) is 19.1 Å². The van der Waals surface area contributed by atoms with Gasteiger partial charge >= 0.3 is 73.1 Å². The molecule has 0 heterocycles. The quantitative estimate of drug-likeness (QED) is 0.501. The Balaban J connectivity index is -0.0000000491. The minimum Gasteiger partial charge on any atom is -1.00 e. The zero-order valence-electron chi connectivity index (χ0n) is 14.1. The zero-order chi connectivity index (χ0) is 20.6. The van der Waals surface area contributed by atoms with Crippen molar-refractivity contribution in [1.29, 1.82) is 0 Å². The Kier molecular flexibility index (Phi) is 27.4. The van der Waals surface area contributed by atoms with Crippen LogP contribution < -0.4 is 51.4 Å². The Bertz CT molecular complexity index is 329. The second-order valence-electron chi connectivity index (χ2n) is 3.14. The van der Waals surface area contributed by atoms with E-state index in [1.54, 1.807) is 0 Å². The second kappa shape index (κ2) is 18.9. The predicted octanol–water partition coefficient (Wildman–Crippen LogP) is 2.62. The molecule has 0 aliphatic carbocycles. The summed E-state index contributed by atoms with van der Waals surface area (Å²) < 4.78 is 117. The van der Waals surface area contributed by atoms with Gasteiger partial charge in [0.05, 0.1) is 0 Å². The number of aliphatic hydroxyl groups is 1. The van der Waals surface area contributed by atoms with Gasteiger partial charge in [0.2, 0.25) is 0 Å². The third kappa shape index (κ3) is 178. The largest absolute Gasteiger partial charge is 1.00 e. The smallest absolute Gasteiger partial charge is 1.00 e. The van der Waals surface area contributed by atoms with Gasteiger partial charge in [-0.15, -0.1) is 0 Å². The van der Waals surface area contributed by atoms with Gasteiger partial charge in [-0.05, 0) is 6.92 Å². The van der Waals surface area contributed by atoms with Crippen LogP contribution in [0.1, 0.15) is 6.99 Å². The van der Waals surface area contributed by atoms with Crippen molar-refractivity contribution < 1.29 is 110 Å². The van der Waals surface area contributed by atoms with Gasteiger partial charge in [-0.3, -0.25) is 0 Å². The van der Waals surface area contributed by atoms with E-state index in [1.165, 1.54) is 5.56 Å². The third-order valence-corrected chi connectivity index (χ3v) is 0.940. The molecule has 0 atom stereocenters. The maximum atomic E-state index is 9.75. The van der Waals surface area contributed by atoms with Crippen LogP contribution in [-0.2, 0) is 0 Å². The van der Waals surface area contributed by atoms with E-state index in [4.69, 9.17) is 5.11 Å². The molecular formula is C8H13B3F12KO-3. The van der Waals surface area contributed by atoms with Crippen molar-refractivity contribution in [3.63, 3.8) is 0 Å². The monoisotopic (exact) mass is 425 g/mol. The molecule has 1 rings (SSSR count). The van der Waals surface area contributed by atoms with Gasteiger partial charge in [-0.1, -0.05) is 35.9 Å². The van der Waals surface area contributed by atoms with E-state index < -0.39 is 21.8 Å². The van der Waals surface area contributed by atoms with Gasteiger partial charge in [0.1, 0.15) is 0 Å². The van der Waals surface area contributed by atoms with E-state index in [1.807, 2.05) is 18.2 Å². The van der Waals surface area contributed by atoms with Crippen LogP contribution in [0.5, 0.6) is 0 Å². The summed E-state index contributed by atoms with van der Waals surface area (Å²) in [5, 5.41) is 7.00. The summed E-state index contributed by atoms with van der Waals surface area (Å²) in [6, 6.07) is 10.3. The van der Waals surface area contributed by atoms with Crippen molar-refractivity contribution in [2.45, 2.75) is 6.92 Å². The molecular weight excluding hydrogens is 412 g/mol. The standard InChI is InChI=1S/C7H8.CH4O.3BF4.K.H/c1-7-5-3-2-4-6-7;1-2;3*2-1(3,4)5;;/h2-6H,1H3;2H,1H3;;;;;/q;;3*-1;+1;-1. The molecule has 1 aromatic rings. The molecule has 0 radical (unpaired) electrons. The van der Waals surface area contributed by atoms with E-state index in [9.17, 15) is 51.8 Å². The summed E-state index contributed by atoms with van der Waals surface area (Å²) in [6.45, 7) is 2.08. The normalized spacial score (nSPS) is 9.88. The molecule has 0 saturated carbocycles. The van der Waals surface area contributed by atoms with Gasteiger partial charge in [-0.2, -0.15) is 0 Å². The van der Waals surface area contributed by atoms with Crippen LogP contribution in [0.3, 0.4) is 0 Å². The minimum absolute atomic E-state index is 0. The SMILES string of the molecule is CO.Cc1ccccc1.F[B-](F)(F)F.F[B-](F)(F)F.F[B-](F)(F)F.[H-].[K+]. The Labute approximate surface area is 180 Å². The first-order chi connectivity index (χ1) is 10.4. The number of hydrogen-bond donors (Lipinski definition) is 1. The van der Waals surface area contributed by atoms with Crippen molar-refractivity contribution in [2.24, 2.45) is 0 Å². The van der Waals surface area contributed by atoms with Crippen molar-refractivity contribution >= 4 is 21.8 Å². The fourth-order valence-electron chi connectivity index (χ4n) is 0.534. The van der Waals surface area contributed by atoms with Crippen LogP contribution in [0, 0.1) is 6.92 Å². The van der Waals surface area contributed by atoms with Crippen LogP contribution in [0.2, 0.25) is 0 Å². The molecule has 0 amide bonds. The number of rotatable bonds is 0. The molecule has 1 N–H and O–H groups in total. The molecule has 25 heavy (non-hydrogen) atoms. The fourth-order valence-corrected chi connectivity index (χ4v) is 0.534.